The monoisotopic (exact) mass is 404 g/mol. The van der Waals surface area contributed by atoms with Gasteiger partial charge in [0, 0.05) is 32.7 Å². The molecule has 0 saturated carbocycles. The highest BCUT2D eigenvalue weighted by atomic mass is 32.2. The Labute approximate surface area is 167 Å². The lowest BCUT2D eigenvalue weighted by Crippen LogP contribution is -2.37. The predicted molar refractivity (Wildman–Crippen MR) is 111 cm³/mol. The van der Waals surface area contributed by atoms with Crippen molar-refractivity contribution in [3.8, 4) is 0 Å². The average molecular weight is 405 g/mol. The van der Waals surface area contributed by atoms with Crippen LogP contribution >= 0.6 is 0 Å². The van der Waals surface area contributed by atoms with Gasteiger partial charge >= 0.3 is 0 Å². The maximum atomic E-state index is 13.2. The van der Waals surface area contributed by atoms with Crippen LogP contribution < -0.4 is 4.90 Å². The Bertz CT molecular complexity index is 880. The van der Waals surface area contributed by atoms with E-state index in [-0.39, 0.29) is 23.3 Å². The van der Waals surface area contributed by atoms with Crippen molar-refractivity contribution in [2.45, 2.75) is 31.8 Å². The molecule has 0 heterocycles. The maximum Gasteiger partial charge on any atom is 0.243 e. The molecular weight excluding hydrogens is 376 g/mol. The molecule has 0 saturated heterocycles. The number of carbonyl (C=O) groups is 1. The van der Waals surface area contributed by atoms with Crippen LogP contribution in [0.1, 0.15) is 32.4 Å². The van der Waals surface area contributed by atoms with Crippen molar-refractivity contribution in [1.29, 1.82) is 0 Å². The van der Waals surface area contributed by atoms with E-state index in [1.54, 1.807) is 31.3 Å². The molecule has 0 aliphatic heterocycles. The number of carbonyl (C=O) groups excluding carboxylic acids is 1. The van der Waals surface area contributed by atoms with Gasteiger partial charge in [-0.3, -0.25) is 4.79 Å². The standard InChI is InChI=1S/C21H28N2O4S/c1-16(2)14-23(15-21(25)18-8-6-5-7-9-18)28(26,27)20-12-10-19(11-13-20)22(4)17(3)24/h5-13,16,21,25H,14-15H2,1-4H3/t21-/m0/s1. The molecule has 0 fully saturated rings. The third-order valence-corrected chi connectivity index (χ3v) is 6.31. The summed E-state index contributed by atoms with van der Waals surface area (Å²) in [6.07, 6.45) is -0.919. The van der Waals surface area contributed by atoms with Crippen LogP contribution in [0.4, 0.5) is 5.69 Å². The molecule has 0 bridgehead atoms. The molecule has 1 N–H and O–H groups in total. The van der Waals surface area contributed by atoms with Gasteiger partial charge in [0.05, 0.1) is 11.0 Å². The summed E-state index contributed by atoms with van der Waals surface area (Å²) in [4.78, 5) is 13.1. The van der Waals surface area contributed by atoms with Gasteiger partial charge in [-0.05, 0) is 35.7 Å². The molecule has 7 heteroatoms. The number of hydrogen-bond acceptors (Lipinski definition) is 4. The fourth-order valence-electron chi connectivity index (χ4n) is 2.82. The normalized spacial score (nSPS) is 13.0. The minimum atomic E-state index is -3.79. The predicted octanol–water partition coefficient (Wildman–Crippen LogP) is 3.05. The molecule has 2 rings (SSSR count). The second-order valence-corrected chi connectivity index (χ2v) is 9.15. The van der Waals surface area contributed by atoms with Crippen molar-refractivity contribution in [1.82, 2.24) is 4.31 Å². The summed E-state index contributed by atoms with van der Waals surface area (Å²) < 4.78 is 27.7. The highest BCUT2D eigenvalue weighted by Gasteiger charge is 2.28. The van der Waals surface area contributed by atoms with Crippen molar-refractivity contribution in [2.24, 2.45) is 5.92 Å². The van der Waals surface area contributed by atoms with Crippen LogP contribution in [-0.2, 0) is 14.8 Å². The van der Waals surface area contributed by atoms with Crippen LogP contribution in [-0.4, -0.2) is 43.9 Å². The topological polar surface area (TPSA) is 77.9 Å². The van der Waals surface area contributed by atoms with Gasteiger partial charge in [-0.15, -0.1) is 0 Å². The Morgan fingerprint density at radius 2 is 1.57 bits per heavy atom. The molecule has 0 aromatic heterocycles. The van der Waals surface area contributed by atoms with Gasteiger partial charge in [0.15, 0.2) is 0 Å². The fourth-order valence-corrected chi connectivity index (χ4v) is 4.43. The molecule has 6 nitrogen and oxygen atoms in total. The zero-order valence-electron chi connectivity index (χ0n) is 16.7. The number of anilines is 1. The van der Waals surface area contributed by atoms with Gasteiger partial charge < -0.3 is 10.0 Å². The smallest absolute Gasteiger partial charge is 0.243 e. The summed E-state index contributed by atoms with van der Waals surface area (Å²) in [5.74, 6) is -0.0381. The Balaban J connectivity index is 2.29. The number of aliphatic hydroxyl groups excluding tert-OH is 1. The molecular formula is C21H28N2O4S. The maximum absolute atomic E-state index is 13.2. The molecule has 0 aliphatic rings. The third kappa shape index (κ3) is 5.41. The average Bonchev–Trinajstić information content (AvgIpc) is 2.67. The molecule has 0 unspecified atom stereocenters. The number of amides is 1. The van der Waals surface area contributed by atoms with Crippen molar-refractivity contribution >= 4 is 21.6 Å². The summed E-state index contributed by atoms with van der Waals surface area (Å²) in [5.41, 5.74) is 1.29. The highest BCUT2D eigenvalue weighted by molar-refractivity contribution is 7.89. The molecule has 1 atom stereocenters. The lowest BCUT2D eigenvalue weighted by atomic mass is 10.1. The third-order valence-electron chi connectivity index (χ3n) is 4.46. The van der Waals surface area contributed by atoms with E-state index in [0.717, 1.165) is 0 Å². The number of hydrogen-bond donors (Lipinski definition) is 1. The highest BCUT2D eigenvalue weighted by Crippen LogP contribution is 2.24. The molecule has 152 valence electrons. The summed E-state index contributed by atoms with van der Waals surface area (Å²) in [7, 11) is -2.16. The summed E-state index contributed by atoms with van der Waals surface area (Å²) >= 11 is 0. The second kappa shape index (κ2) is 9.32. The van der Waals surface area contributed by atoms with Gasteiger partial charge in [-0.1, -0.05) is 44.2 Å². The van der Waals surface area contributed by atoms with Gasteiger partial charge in [0.25, 0.3) is 0 Å². The molecule has 2 aromatic carbocycles. The number of aliphatic hydroxyl groups is 1. The zero-order chi connectivity index (χ0) is 20.9. The number of rotatable bonds is 8. The van der Waals surface area contributed by atoms with Crippen LogP contribution in [0.15, 0.2) is 59.5 Å². The Morgan fingerprint density at radius 3 is 2.07 bits per heavy atom. The molecule has 28 heavy (non-hydrogen) atoms. The van der Waals surface area contributed by atoms with Gasteiger partial charge in [0.1, 0.15) is 0 Å². The van der Waals surface area contributed by atoms with E-state index >= 15 is 0 Å². The largest absolute Gasteiger partial charge is 0.387 e. The van der Waals surface area contributed by atoms with Crippen LogP contribution in [0, 0.1) is 5.92 Å². The molecule has 0 spiro atoms. The van der Waals surface area contributed by atoms with Crippen LogP contribution in [0.3, 0.4) is 0 Å². The summed E-state index contributed by atoms with van der Waals surface area (Å²) in [5, 5.41) is 10.5. The van der Waals surface area contributed by atoms with E-state index in [0.29, 0.717) is 17.8 Å². The van der Waals surface area contributed by atoms with E-state index in [1.165, 1.54) is 28.3 Å². The number of nitrogens with zero attached hydrogens (tertiary/aromatic N) is 2. The Morgan fingerprint density at radius 1 is 1.00 bits per heavy atom. The molecule has 2 aromatic rings. The van der Waals surface area contributed by atoms with Crippen molar-refractivity contribution in [3.63, 3.8) is 0 Å². The SMILES string of the molecule is CC(=O)N(C)c1ccc(S(=O)(=O)N(CC(C)C)C[C@H](O)c2ccccc2)cc1. The number of sulfonamides is 1. The van der Waals surface area contributed by atoms with Gasteiger partial charge in [-0.25, -0.2) is 8.42 Å². The minimum absolute atomic E-state index is 0.0281. The number of benzene rings is 2. The van der Waals surface area contributed by atoms with Crippen LogP contribution in [0.5, 0.6) is 0 Å². The first kappa shape index (κ1) is 22.1. The van der Waals surface area contributed by atoms with Crippen molar-refractivity contribution < 1.29 is 18.3 Å². The van der Waals surface area contributed by atoms with E-state index in [1.807, 2.05) is 32.0 Å². The minimum Gasteiger partial charge on any atom is -0.387 e. The zero-order valence-corrected chi connectivity index (χ0v) is 17.6. The van der Waals surface area contributed by atoms with Crippen molar-refractivity contribution in [3.05, 3.63) is 60.2 Å². The first-order chi connectivity index (χ1) is 13.1. The molecule has 1 amide bonds. The summed E-state index contributed by atoms with van der Waals surface area (Å²) in [6, 6.07) is 15.2. The lowest BCUT2D eigenvalue weighted by molar-refractivity contribution is -0.116. The van der Waals surface area contributed by atoms with E-state index in [9.17, 15) is 18.3 Å². The van der Waals surface area contributed by atoms with Crippen LogP contribution in [0.25, 0.3) is 0 Å². The molecule has 0 aliphatic carbocycles. The van der Waals surface area contributed by atoms with Crippen LogP contribution in [0.2, 0.25) is 0 Å². The van der Waals surface area contributed by atoms with Gasteiger partial charge in [-0.2, -0.15) is 4.31 Å². The van der Waals surface area contributed by atoms with E-state index in [4.69, 9.17) is 0 Å². The van der Waals surface area contributed by atoms with Gasteiger partial charge in [0.2, 0.25) is 15.9 Å². The second-order valence-electron chi connectivity index (χ2n) is 7.21. The van der Waals surface area contributed by atoms with E-state index in [2.05, 4.69) is 0 Å². The lowest BCUT2D eigenvalue weighted by Gasteiger charge is -2.26. The van der Waals surface area contributed by atoms with Crippen molar-refractivity contribution in [2.75, 3.05) is 25.0 Å². The fraction of sp³-hybridized carbons (Fsp3) is 0.381. The molecule has 0 radical (unpaired) electrons. The first-order valence-corrected chi connectivity index (χ1v) is 10.6. The summed E-state index contributed by atoms with van der Waals surface area (Å²) in [6.45, 7) is 5.58. The first-order valence-electron chi connectivity index (χ1n) is 9.20. The van der Waals surface area contributed by atoms with E-state index < -0.39 is 16.1 Å². The quantitative estimate of drug-likeness (QED) is 0.734. The Hall–Kier alpha value is -2.22. The Kier molecular flexibility index (Phi) is 7.35.